The SMILES string of the molecule is Cc1noc(C)c1S(=O)(=O)NCCn1ncc2c(N3CCCCCC3)ncnc21. The lowest BCUT2D eigenvalue weighted by Crippen LogP contribution is -2.28. The fourth-order valence-corrected chi connectivity index (χ4v) is 5.14. The number of fused-ring (bicyclic) bond motifs is 1. The summed E-state index contributed by atoms with van der Waals surface area (Å²) in [5.41, 5.74) is 1.05. The van der Waals surface area contributed by atoms with E-state index in [0.717, 1.165) is 37.1 Å². The van der Waals surface area contributed by atoms with E-state index in [1.165, 1.54) is 12.8 Å². The van der Waals surface area contributed by atoms with Crippen LogP contribution in [0.15, 0.2) is 21.9 Å². The summed E-state index contributed by atoms with van der Waals surface area (Å²) in [6.07, 6.45) is 8.11. The Kier molecular flexibility index (Phi) is 5.50. The topological polar surface area (TPSA) is 119 Å². The van der Waals surface area contributed by atoms with Crippen LogP contribution in [-0.2, 0) is 16.6 Å². The van der Waals surface area contributed by atoms with E-state index in [9.17, 15) is 8.42 Å². The molecule has 0 spiro atoms. The maximum atomic E-state index is 12.5. The van der Waals surface area contributed by atoms with Gasteiger partial charge in [-0.2, -0.15) is 5.10 Å². The van der Waals surface area contributed by atoms with E-state index >= 15 is 0 Å². The zero-order chi connectivity index (χ0) is 20.4. The number of aryl methyl sites for hydroxylation is 2. The molecule has 4 heterocycles. The van der Waals surface area contributed by atoms with Crippen LogP contribution >= 0.6 is 0 Å². The molecule has 0 atom stereocenters. The Balaban J connectivity index is 1.50. The molecule has 1 aliphatic heterocycles. The number of sulfonamides is 1. The minimum Gasteiger partial charge on any atom is -0.360 e. The Morgan fingerprint density at radius 3 is 2.59 bits per heavy atom. The number of aromatic nitrogens is 5. The van der Waals surface area contributed by atoms with Crippen LogP contribution < -0.4 is 9.62 Å². The fraction of sp³-hybridized carbons (Fsp3) is 0.556. The van der Waals surface area contributed by atoms with Gasteiger partial charge in [-0.3, -0.25) is 0 Å². The molecular formula is C18H25N7O3S. The Hall–Kier alpha value is -2.53. The zero-order valence-corrected chi connectivity index (χ0v) is 17.4. The molecule has 1 saturated heterocycles. The number of hydrogen-bond acceptors (Lipinski definition) is 8. The van der Waals surface area contributed by atoms with Gasteiger partial charge in [0.25, 0.3) is 0 Å². The first kappa shape index (κ1) is 19.8. The lowest BCUT2D eigenvalue weighted by molar-refractivity contribution is 0.390. The molecule has 1 aliphatic rings. The average Bonchev–Trinajstić information content (AvgIpc) is 3.13. The number of nitrogens with zero attached hydrogens (tertiary/aromatic N) is 6. The maximum absolute atomic E-state index is 12.5. The minimum absolute atomic E-state index is 0.0913. The van der Waals surface area contributed by atoms with Crippen molar-refractivity contribution in [1.82, 2.24) is 29.6 Å². The highest BCUT2D eigenvalue weighted by atomic mass is 32.2. The molecule has 0 unspecified atom stereocenters. The number of rotatable bonds is 6. The number of anilines is 1. The van der Waals surface area contributed by atoms with E-state index in [1.54, 1.807) is 31.1 Å². The summed E-state index contributed by atoms with van der Waals surface area (Å²) < 4.78 is 34.3. The molecule has 11 heteroatoms. The molecule has 1 fully saturated rings. The van der Waals surface area contributed by atoms with Crippen LogP contribution in [0, 0.1) is 13.8 Å². The van der Waals surface area contributed by atoms with Gasteiger partial charge >= 0.3 is 0 Å². The average molecular weight is 420 g/mol. The highest BCUT2D eigenvalue weighted by Crippen LogP contribution is 2.25. The smallest absolute Gasteiger partial charge is 0.246 e. The first-order chi connectivity index (χ1) is 14.0. The molecule has 1 N–H and O–H groups in total. The van der Waals surface area contributed by atoms with Crippen molar-refractivity contribution in [1.29, 1.82) is 0 Å². The molecule has 29 heavy (non-hydrogen) atoms. The summed E-state index contributed by atoms with van der Waals surface area (Å²) in [6.45, 7) is 5.67. The van der Waals surface area contributed by atoms with Crippen molar-refractivity contribution in [3.63, 3.8) is 0 Å². The summed E-state index contributed by atoms with van der Waals surface area (Å²) in [5, 5.41) is 9.01. The highest BCUT2D eigenvalue weighted by Gasteiger charge is 2.24. The van der Waals surface area contributed by atoms with Gasteiger partial charge in [0.1, 0.15) is 22.7 Å². The molecule has 3 aromatic heterocycles. The summed E-state index contributed by atoms with van der Waals surface area (Å²) in [6, 6.07) is 0. The number of nitrogens with one attached hydrogen (secondary N) is 1. The van der Waals surface area contributed by atoms with Crippen molar-refractivity contribution in [2.75, 3.05) is 24.5 Å². The van der Waals surface area contributed by atoms with Crippen molar-refractivity contribution in [3.05, 3.63) is 24.0 Å². The standard InChI is InChI=1S/C18H25N7O3S/c1-13-16(14(2)28-23-13)29(26,27)22-7-10-25-18-15(11-21-25)17(19-12-20-18)24-8-5-3-4-6-9-24/h11-12,22H,3-10H2,1-2H3. The van der Waals surface area contributed by atoms with Gasteiger partial charge in [-0.25, -0.2) is 27.8 Å². The van der Waals surface area contributed by atoms with Gasteiger partial charge < -0.3 is 9.42 Å². The molecule has 0 radical (unpaired) electrons. The largest absolute Gasteiger partial charge is 0.360 e. The second-order valence-corrected chi connectivity index (χ2v) is 8.96. The lowest BCUT2D eigenvalue weighted by Gasteiger charge is -2.21. The van der Waals surface area contributed by atoms with Gasteiger partial charge in [-0.05, 0) is 26.7 Å². The fourth-order valence-electron chi connectivity index (χ4n) is 3.80. The molecule has 0 aromatic carbocycles. The quantitative estimate of drug-likeness (QED) is 0.642. The molecular weight excluding hydrogens is 394 g/mol. The first-order valence-electron chi connectivity index (χ1n) is 9.81. The predicted molar refractivity (Wildman–Crippen MR) is 107 cm³/mol. The van der Waals surface area contributed by atoms with Crippen molar-refractivity contribution < 1.29 is 12.9 Å². The van der Waals surface area contributed by atoms with E-state index in [-0.39, 0.29) is 17.2 Å². The maximum Gasteiger partial charge on any atom is 0.246 e. The molecule has 10 nitrogen and oxygen atoms in total. The summed E-state index contributed by atoms with van der Waals surface area (Å²) in [7, 11) is -3.70. The van der Waals surface area contributed by atoms with Gasteiger partial charge in [0.05, 0.1) is 18.1 Å². The van der Waals surface area contributed by atoms with E-state index in [0.29, 0.717) is 17.9 Å². The van der Waals surface area contributed by atoms with Crippen molar-refractivity contribution in [2.45, 2.75) is 51.0 Å². The normalized spacial score (nSPS) is 15.7. The van der Waals surface area contributed by atoms with Gasteiger partial charge in [0, 0.05) is 19.6 Å². The van der Waals surface area contributed by atoms with Crippen LogP contribution in [0.25, 0.3) is 11.0 Å². The minimum atomic E-state index is -3.70. The second kappa shape index (κ2) is 8.07. The predicted octanol–water partition coefficient (Wildman–Crippen LogP) is 1.79. The molecule has 0 saturated carbocycles. The van der Waals surface area contributed by atoms with Gasteiger partial charge in [-0.1, -0.05) is 18.0 Å². The highest BCUT2D eigenvalue weighted by molar-refractivity contribution is 7.89. The third-order valence-corrected chi connectivity index (χ3v) is 6.87. The van der Waals surface area contributed by atoms with Crippen molar-refractivity contribution in [2.24, 2.45) is 0 Å². The van der Waals surface area contributed by atoms with E-state index in [1.807, 2.05) is 0 Å². The summed E-state index contributed by atoms with van der Waals surface area (Å²) in [5.74, 6) is 1.17. The third-order valence-electron chi connectivity index (χ3n) is 5.17. The molecule has 4 rings (SSSR count). The van der Waals surface area contributed by atoms with Gasteiger partial charge in [-0.15, -0.1) is 0 Å². The van der Waals surface area contributed by atoms with Gasteiger partial charge in [0.15, 0.2) is 11.4 Å². The first-order valence-corrected chi connectivity index (χ1v) is 11.3. The number of hydrogen-bond donors (Lipinski definition) is 1. The van der Waals surface area contributed by atoms with Crippen LogP contribution in [0.4, 0.5) is 5.82 Å². The van der Waals surface area contributed by atoms with Crippen LogP contribution in [0.2, 0.25) is 0 Å². The molecule has 0 aliphatic carbocycles. The molecule has 156 valence electrons. The Bertz CT molecular complexity index is 1080. The van der Waals surface area contributed by atoms with E-state index in [2.05, 4.69) is 29.8 Å². The summed E-state index contributed by atoms with van der Waals surface area (Å²) in [4.78, 5) is 11.3. The lowest BCUT2D eigenvalue weighted by atomic mass is 10.2. The summed E-state index contributed by atoms with van der Waals surface area (Å²) >= 11 is 0. The van der Waals surface area contributed by atoms with Crippen LogP contribution in [0.1, 0.15) is 37.1 Å². The zero-order valence-electron chi connectivity index (χ0n) is 16.6. The van der Waals surface area contributed by atoms with E-state index in [4.69, 9.17) is 4.52 Å². The second-order valence-electron chi connectivity index (χ2n) is 7.25. The Morgan fingerprint density at radius 1 is 1.14 bits per heavy atom. The molecule has 0 bridgehead atoms. The molecule has 3 aromatic rings. The Morgan fingerprint density at radius 2 is 1.90 bits per heavy atom. The van der Waals surface area contributed by atoms with Crippen LogP contribution in [0.5, 0.6) is 0 Å². The van der Waals surface area contributed by atoms with Gasteiger partial charge in [0.2, 0.25) is 10.0 Å². The van der Waals surface area contributed by atoms with Crippen molar-refractivity contribution in [3.8, 4) is 0 Å². The van der Waals surface area contributed by atoms with E-state index < -0.39 is 10.0 Å². The van der Waals surface area contributed by atoms with Crippen molar-refractivity contribution >= 4 is 26.9 Å². The monoisotopic (exact) mass is 419 g/mol. The Labute approximate surface area is 169 Å². The molecule has 0 amide bonds. The van der Waals surface area contributed by atoms with Crippen LogP contribution in [-0.4, -0.2) is 53.0 Å². The third kappa shape index (κ3) is 3.97. The van der Waals surface area contributed by atoms with Crippen LogP contribution in [0.3, 0.4) is 0 Å².